The number of rotatable bonds is 5. The fourth-order valence-corrected chi connectivity index (χ4v) is 2.25. The molecule has 0 bridgehead atoms. The van der Waals surface area contributed by atoms with Crippen molar-refractivity contribution in [2.24, 2.45) is 11.7 Å². The van der Waals surface area contributed by atoms with Gasteiger partial charge in [0.25, 0.3) is 0 Å². The highest BCUT2D eigenvalue weighted by molar-refractivity contribution is 5.76. The van der Waals surface area contributed by atoms with Crippen molar-refractivity contribution in [1.82, 2.24) is 4.90 Å². The van der Waals surface area contributed by atoms with E-state index >= 15 is 0 Å². The topological polar surface area (TPSA) is 46.3 Å². The van der Waals surface area contributed by atoms with E-state index in [4.69, 9.17) is 5.73 Å². The number of hydrogen-bond donors (Lipinski definition) is 1. The van der Waals surface area contributed by atoms with E-state index in [-0.39, 0.29) is 0 Å². The normalized spacial score (nSPS) is 23.1. The van der Waals surface area contributed by atoms with E-state index in [0.29, 0.717) is 24.3 Å². The highest BCUT2D eigenvalue weighted by atomic mass is 16.2. The molecule has 1 amide bonds. The molecule has 3 heteroatoms. The highest BCUT2D eigenvalue weighted by Crippen LogP contribution is 2.19. The van der Waals surface area contributed by atoms with E-state index < -0.39 is 0 Å². The Labute approximate surface area is 93.0 Å². The lowest BCUT2D eigenvalue weighted by molar-refractivity contribution is -0.132. The lowest BCUT2D eigenvalue weighted by Crippen LogP contribution is -2.33. The Morgan fingerprint density at radius 1 is 1.53 bits per heavy atom. The maximum atomic E-state index is 11.9. The molecule has 0 aliphatic carbocycles. The smallest absolute Gasteiger partial charge is 0.222 e. The van der Waals surface area contributed by atoms with Crippen LogP contribution in [0.15, 0.2) is 0 Å². The van der Waals surface area contributed by atoms with Gasteiger partial charge in [-0.15, -0.1) is 0 Å². The minimum atomic E-state index is 0.337. The second-order valence-corrected chi connectivity index (χ2v) is 4.80. The Kier molecular flexibility index (Phi) is 5.09. The van der Waals surface area contributed by atoms with Crippen molar-refractivity contribution in [2.45, 2.75) is 52.0 Å². The quantitative estimate of drug-likeness (QED) is 0.755. The molecule has 1 heterocycles. The summed E-state index contributed by atoms with van der Waals surface area (Å²) in [6.45, 7) is 6.02. The van der Waals surface area contributed by atoms with Gasteiger partial charge in [-0.1, -0.05) is 6.92 Å². The third-order valence-electron chi connectivity index (χ3n) is 3.38. The van der Waals surface area contributed by atoms with Crippen molar-refractivity contribution in [3.8, 4) is 0 Å². The van der Waals surface area contributed by atoms with Gasteiger partial charge in [0, 0.05) is 19.0 Å². The first-order chi connectivity index (χ1) is 7.15. The zero-order valence-corrected chi connectivity index (χ0v) is 10.0. The number of carbonyl (C=O) groups is 1. The number of nitrogens with two attached hydrogens (primary N) is 1. The van der Waals surface area contributed by atoms with Crippen molar-refractivity contribution in [3.63, 3.8) is 0 Å². The van der Waals surface area contributed by atoms with E-state index in [1.54, 1.807) is 0 Å². The summed E-state index contributed by atoms with van der Waals surface area (Å²) in [5.41, 5.74) is 5.48. The van der Waals surface area contributed by atoms with Crippen LogP contribution in [0.3, 0.4) is 0 Å². The first kappa shape index (κ1) is 12.5. The zero-order chi connectivity index (χ0) is 11.3. The van der Waals surface area contributed by atoms with Crippen LogP contribution in [0.5, 0.6) is 0 Å². The van der Waals surface area contributed by atoms with Gasteiger partial charge in [-0.05, 0) is 45.1 Å². The molecule has 1 aliphatic heterocycles. The zero-order valence-electron chi connectivity index (χ0n) is 10.0. The van der Waals surface area contributed by atoms with Crippen molar-refractivity contribution >= 4 is 5.91 Å². The van der Waals surface area contributed by atoms with Crippen LogP contribution in [0.4, 0.5) is 0 Å². The second kappa shape index (κ2) is 6.11. The molecule has 0 spiro atoms. The number of amides is 1. The molecule has 0 saturated carbocycles. The molecule has 0 radical (unpaired) electrons. The van der Waals surface area contributed by atoms with E-state index in [1.807, 2.05) is 4.90 Å². The van der Waals surface area contributed by atoms with Gasteiger partial charge in [0.15, 0.2) is 0 Å². The molecule has 0 aromatic carbocycles. The predicted octanol–water partition coefficient (Wildman–Crippen LogP) is 1.76. The molecule has 3 nitrogen and oxygen atoms in total. The fourth-order valence-electron chi connectivity index (χ4n) is 2.25. The summed E-state index contributed by atoms with van der Waals surface area (Å²) in [5, 5.41) is 0. The molecule has 2 N–H and O–H groups in total. The summed E-state index contributed by atoms with van der Waals surface area (Å²) in [5.74, 6) is 0.917. The summed E-state index contributed by atoms with van der Waals surface area (Å²) in [4.78, 5) is 13.9. The van der Waals surface area contributed by atoms with Crippen LogP contribution in [0.2, 0.25) is 0 Å². The van der Waals surface area contributed by atoms with Crippen LogP contribution in [0.25, 0.3) is 0 Å². The van der Waals surface area contributed by atoms with Gasteiger partial charge < -0.3 is 10.6 Å². The predicted molar refractivity (Wildman–Crippen MR) is 62.5 cm³/mol. The minimum Gasteiger partial charge on any atom is -0.340 e. The molecule has 0 aromatic heterocycles. The van der Waals surface area contributed by atoms with E-state index in [9.17, 15) is 4.79 Å². The number of likely N-dealkylation sites (tertiary alicyclic amines) is 1. The largest absolute Gasteiger partial charge is 0.340 e. The molecule has 0 aromatic rings. The Morgan fingerprint density at radius 2 is 2.27 bits per heavy atom. The number of carbonyl (C=O) groups excluding carboxylic acids is 1. The highest BCUT2D eigenvalue weighted by Gasteiger charge is 2.24. The summed E-state index contributed by atoms with van der Waals surface area (Å²) in [6, 6.07) is 0.460. The average Bonchev–Trinajstić information content (AvgIpc) is 2.61. The van der Waals surface area contributed by atoms with Gasteiger partial charge in [-0.25, -0.2) is 0 Å². The number of nitrogens with zero attached hydrogens (tertiary/aromatic N) is 1. The van der Waals surface area contributed by atoms with Crippen molar-refractivity contribution in [3.05, 3.63) is 0 Å². The lowest BCUT2D eigenvalue weighted by atomic mass is 10.0. The first-order valence-electron chi connectivity index (χ1n) is 6.14. The molecule has 88 valence electrons. The van der Waals surface area contributed by atoms with Crippen LogP contribution >= 0.6 is 0 Å². The lowest BCUT2D eigenvalue weighted by Gasteiger charge is -2.22. The van der Waals surface area contributed by atoms with Crippen LogP contribution in [-0.4, -0.2) is 29.9 Å². The average molecular weight is 212 g/mol. The van der Waals surface area contributed by atoms with Gasteiger partial charge in [-0.3, -0.25) is 4.79 Å². The first-order valence-corrected chi connectivity index (χ1v) is 6.14. The van der Waals surface area contributed by atoms with E-state index in [1.165, 1.54) is 12.8 Å². The Morgan fingerprint density at radius 3 is 2.80 bits per heavy atom. The summed E-state index contributed by atoms with van der Waals surface area (Å²) < 4.78 is 0. The summed E-state index contributed by atoms with van der Waals surface area (Å²) in [7, 11) is 0. The number of hydrogen-bond acceptors (Lipinski definition) is 2. The molecule has 1 saturated heterocycles. The van der Waals surface area contributed by atoms with Crippen LogP contribution in [0.1, 0.15) is 46.0 Å². The third-order valence-corrected chi connectivity index (χ3v) is 3.38. The van der Waals surface area contributed by atoms with Crippen molar-refractivity contribution < 1.29 is 4.79 Å². The van der Waals surface area contributed by atoms with Crippen molar-refractivity contribution in [1.29, 1.82) is 0 Å². The molecular formula is C12H24N2O. The molecule has 2 unspecified atom stereocenters. The molecule has 2 atom stereocenters. The maximum Gasteiger partial charge on any atom is 0.222 e. The summed E-state index contributed by atoms with van der Waals surface area (Å²) >= 11 is 0. The van der Waals surface area contributed by atoms with E-state index in [0.717, 1.165) is 25.9 Å². The molecule has 15 heavy (non-hydrogen) atoms. The van der Waals surface area contributed by atoms with Crippen LogP contribution < -0.4 is 5.73 Å². The van der Waals surface area contributed by atoms with Crippen LogP contribution in [0, 0.1) is 5.92 Å². The van der Waals surface area contributed by atoms with Gasteiger partial charge in [0.2, 0.25) is 5.91 Å². The third kappa shape index (κ3) is 3.82. The Bertz CT molecular complexity index is 206. The second-order valence-electron chi connectivity index (χ2n) is 4.80. The van der Waals surface area contributed by atoms with Gasteiger partial charge in [0.05, 0.1) is 0 Å². The van der Waals surface area contributed by atoms with Gasteiger partial charge >= 0.3 is 0 Å². The summed E-state index contributed by atoms with van der Waals surface area (Å²) in [6.07, 6.45) is 5.06. The molecular weight excluding hydrogens is 188 g/mol. The monoisotopic (exact) mass is 212 g/mol. The molecule has 1 rings (SSSR count). The maximum absolute atomic E-state index is 11.9. The van der Waals surface area contributed by atoms with Crippen LogP contribution in [-0.2, 0) is 4.79 Å². The fraction of sp³-hybridized carbons (Fsp3) is 0.917. The van der Waals surface area contributed by atoms with Crippen molar-refractivity contribution in [2.75, 3.05) is 13.1 Å². The molecule has 1 aliphatic rings. The standard InChI is InChI=1S/C12H24N2O/c1-10(7-8-13)5-6-12(15)14-9-3-4-11(14)2/h10-11H,3-9,13H2,1-2H3. The Balaban J connectivity index is 2.23. The molecule has 1 fully saturated rings. The van der Waals surface area contributed by atoms with E-state index in [2.05, 4.69) is 13.8 Å². The van der Waals surface area contributed by atoms with Gasteiger partial charge in [-0.2, -0.15) is 0 Å². The van der Waals surface area contributed by atoms with Gasteiger partial charge in [0.1, 0.15) is 0 Å². The SMILES string of the molecule is CC(CCN)CCC(=O)N1CCCC1C. The minimum absolute atomic E-state index is 0.337. The Hall–Kier alpha value is -0.570.